The molecule has 0 heterocycles. The van der Waals surface area contributed by atoms with Crippen LogP contribution in [0.5, 0.6) is 11.5 Å². The van der Waals surface area contributed by atoms with E-state index in [2.05, 4.69) is 5.73 Å². The van der Waals surface area contributed by atoms with E-state index in [9.17, 15) is 0 Å². The van der Waals surface area contributed by atoms with Crippen molar-refractivity contribution < 1.29 is 15.2 Å². The molecule has 1 rings (SSSR count). The van der Waals surface area contributed by atoms with Crippen LogP contribution in [0.1, 0.15) is 0 Å². The lowest BCUT2D eigenvalue weighted by Gasteiger charge is -2.03. The van der Waals surface area contributed by atoms with Crippen LogP contribution < -0.4 is 15.2 Å². The molecule has 0 aliphatic carbocycles. The fourth-order valence-electron chi connectivity index (χ4n) is 0.862. The zero-order valence-corrected chi connectivity index (χ0v) is 7.25. The zero-order chi connectivity index (χ0) is 8.81. The van der Waals surface area contributed by atoms with Crippen molar-refractivity contribution in [3.8, 4) is 11.5 Å². The van der Waals surface area contributed by atoms with Gasteiger partial charge >= 0.3 is 0 Å². The third-order valence-electron chi connectivity index (χ3n) is 1.47. The minimum absolute atomic E-state index is 0.659. The third-order valence-corrected chi connectivity index (χ3v) is 1.47. The summed E-state index contributed by atoms with van der Waals surface area (Å²) in [7, 11) is 1.64. The molecule has 0 fully saturated rings. The normalized spacial score (nSPS) is 9.50. The first-order chi connectivity index (χ1) is 5.86. The summed E-state index contributed by atoms with van der Waals surface area (Å²) >= 11 is 0. The molecule has 0 spiro atoms. The Kier molecular flexibility index (Phi) is 3.41. The summed E-state index contributed by atoms with van der Waals surface area (Å²) < 4.78 is 10.3. The monoisotopic (exact) mass is 168 g/mol. The molecule has 1 aromatic rings. The Morgan fingerprint density at radius 2 is 1.75 bits per heavy atom. The zero-order valence-electron chi connectivity index (χ0n) is 7.25. The smallest absolute Gasteiger partial charge is 0.137 e. The summed E-state index contributed by atoms with van der Waals surface area (Å²) in [5.74, 6) is 1.71. The van der Waals surface area contributed by atoms with Gasteiger partial charge in [0.15, 0.2) is 0 Å². The standard InChI is InChI=1S/C9H13NO2/c1-11-8-2-4-9(5-3-8)12-7-6-10/h2-5H,6-7,10H2,1H3/p+1. The van der Waals surface area contributed by atoms with Gasteiger partial charge in [-0.05, 0) is 24.3 Å². The molecule has 0 saturated carbocycles. The summed E-state index contributed by atoms with van der Waals surface area (Å²) in [6.45, 7) is 1.44. The molecule has 3 N–H and O–H groups in total. The summed E-state index contributed by atoms with van der Waals surface area (Å²) in [6, 6.07) is 7.51. The SMILES string of the molecule is COc1ccc(OCC[NH3+])cc1. The molecule has 0 radical (unpaired) electrons. The maximum Gasteiger partial charge on any atom is 0.137 e. The van der Waals surface area contributed by atoms with Crippen LogP contribution >= 0.6 is 0 Å². The van der Waals surface area contributed by atoms with Gasteiger partial charge in [-0.3, -0.25) is 0 Å². The van der Waals surface area contributed by atoms with Gasteiger partial charge in [-0.25, -0.2) is 0 Å². The Labute approximate surface area is 72.1 Å². The lowest BCUT2D eigenvalue weighted by Crippen LogP contribution is -2.52. The van der Waals surface area contributed by atoms with Crippen molar-refractivity contribution in [2.75, 3.05) is 20.3 Å². The highest BCUT2D eigenvalue weighted by atomic mass is 16.5. The van der Waals surface area contributed by atoms with E-state index in [1.807, 2.05) is 24.3 Å². The quantitative estimate of drug-likeness (QED) is 0.703. The van der Waals surface area contributed by atoms with Gasteiger partial charge in [0.1, 0.15) is 24.7 Å². The maximum atomic E-state index is 5.34. The van der Waals surface area contributed by atoms with E-state index in [-0.39, 0.29) is 0 Å². The van der Waals surface area contributed by atoms with Crippen molar-refractivity contribution >= 4 is 0 Å². The molecule has 0 aliphatic rings. The summed E-state index contributed by atoms with van der Waals surface area (Å²) in [5.41, 5.74) is 3.68. The molecule has 3 heteroatoms. The summed E-state index contributed by atoms with van der Waals surface area (Å²) in [6.07, 6.45) is 0. The van der Waals surface area contributed by atoms with Crippen LogP contribution in [-0.2, 0) is 0 Å². The maximum absolute atomic E-state index is 5.34. The minimum Gasteiger partial charge on any atom is -0.497 e. The fourth-order valence-corrected chi connectivity index (χ4v) is 0.862. The molecular weight excluding hydrogens is 154 g/mol. The topological polar surface area (TPSA) is 46.1 Å². The highest BCUT2D eigenvalue weighted by molar-refractivity contribution is 5.30. The second kappa shape index (κ2) is 4.62. The molecule has 0 unspecified atom stereocenters. The van der Waals surface area contributed by atoms with Crippen LogP contribution in [0.15, 0.2) is 24.3 Å². The lowest BCUT2D eigenvalue weighted by atomic mass is 10.3. The molecule has 0 aliphatic heterocycles. The van der Waals surface area contributed by atoms with E-state index in [4.69, 9.17) is 9.47 Å². The number of methoxy groups -OCH3 is 1. The molecule has 0 saturated heterocycles. The second-order valence-corrected chi connectivity index (χ2v) is 2.38. The lowest BCUT2D eigenvalue weighted by molar-refractivity contribution is -0.370. The first-order valence-electron chi connectivity index (χ1n) is 3.93. The predicted octanol–water partition coefficient (Wildman–Crippen LogP) is 0.316. The number of hydrogen-bond acceptors (Lipinski definition) is 2. The Balaban J connectivity index is 2.53. The van der Waals surface area contributed by atoms with E-state index in [1.165, 1.54) is 0 Å². The van der Waals surface area contributed by atoms with Gasteiger partial charge in [-0.2, -0.15) is 0 Å². The summed E-state index contributed by atoms with van der Waals surface area (Å²) in [4.78, 5) is 0. The molecule has 0 bridgehead atoms. The second-order valence-electron chi connectivity index (χ2n) is 2.38. The van der Waals surface area contributed by atoms with Crippen LogP contribution in [0.25, 0.3) is 0 Å². The van der Waals surface area contributed by atoms with Crippen molar-refractivity contribution in [3.05, 3.63) is 24.3 Å². The molecule has 66 valence electrons. The van der Waals surface area contributed by atoms with Crippen LogP contribution in [0, 0.1) is 0 Å². The van der Waals surface area contributed by atoms with E-state index in [0.29, 0.717) is 6.61 Å². The number of quaternary nitrogens is 1. The van der Waals surface area contributed by atoms with Crippen molar-refractivity contribution in [3.63, 3.8) is 0 Å². The van der Waals surface area contributed by atoms with E-state index < -0.39 is 0 Å². The molecule has 12 heavy (non-hydrogen) atoms. The first kappa shape index (κ1) is 8.87. The van der Waals surface area contributed by atoms with E-state index in [1.54, 1.807) is 7.11 Å². The molecule has 0 amide bonds. The van der Waals surface area contributed by atoms with E-state index in [0.717, 1.165) is 18.0 Å². The Morgan fingerprint density at radius 1 is 1.17 bits per heavy atom. The average molecular weight is 168 g/mol. The number of hydrogen-bond donors (Lipinski definition) is 1. The van der Waals surface area contributed by atoms with Crippen LogP contribution in [0.2, 0.25) is 0 Å². The van der Waals surface area contributed by atoms with Crippen LogP contribution in [0.4, 0.5) is 0 Å². The molecule has 0 aromatic heterocycles. The van der Waals surface area contributed by atoms with Gasteiger partial charge in [0.05, 0.1) is 7.11 Å². The van der Waals surface area contributed by atoms with Gasteiger partial charge in [0.2, 0.25) is 0 Å². The number of benzene rings is 1. The third kappa shape index (κ3) is 2.43. The molecule has 3 nitrogen and oxygen atoms in total. The van der Waals surface area contributed by atoms with E-state index >= 15 is 0 Å². The van der Waals surface area contributed by atoms with Gasteiger partial charge in [0.25, 0.3) is 0 Å². The summed E-state index contributed by atoms with van der Waals surface area (Å²) in [5, 5.41) is 0. The van der Waals surface area contributed by atoms with Gasteiger partial charge in [0, 0.05) is 0 Å². The highest BCUT2D eigenvalue weighted by Gasteiger charge is 1.93. The van der Waals surface area contributed by atoms with Crippen molar-refractivity contribution in [2.24, 2.45) is 0 Å². The Bertz CT molecular complexity index is 220. The Morgan fingerprint density at radius 3 is 2.25 bits per heavy atom. The fraction of sp³-hybridized carbons (Fsp3) is 0.333. The number of rotatable bonds is 4. The largest absolute Gasteiger partial charge is 0.497 e. The molecule has 0 atom stereocenters. The van der Waals surface area contributed by atoms with Crippen molar-refractivity contribution in [2.45, 2.75) is 0 Å². The van der Waals surface area contributed by atoms with Gasteiger partial charge in [-0.1, -0.05) is 0 Å². The average Bonchev–Trinajstić information content (AvgIpc) is 2.15. The number of ether oxygens (including phenoxy) is 2. The molecular formula is C9H14NO2+. The molecule has 1 aromatic carbocycles. The van der Waals surface area contributed by atoms with Crippen LogP contribution in [-0.4, -0.2) is 20.3 Å². The van der Waals surface area contributed by atoms with Crippen LogP contribution in [0.3, 0.4) is 0 Å². The van der Waals surface area contributed by atoms with Crippen molar-refractivity contribution in [1.29, 1.82) is 0 Å². The minimum atomic E-state index is 0.659. The van der Waals surface area contributed by atoms with Gasteiger partial charge in [-0.15, -0.1) is 0 Å². The first-order valence-corrected chi connectivity index (χ1v) is 3.93. The Hall–Kier alpha value is -1.22. The van der Waals surface area contributed by atoms with Crippen molar-refractivity contribution in [1.82, 2.24) is 0 Å². The van der Waals surface area contributed by atoms with Gasteiger partial charge < -0.3 is 15.2 Å². The highest BCUT2D eigenvalue weighted by Crippen LogP contribution is 2.16. The predicted molar refractivity (Wildman–Crippen MR) is 46.2 cm³/mol.